The Morgan fingerprint density at radius 1 is 0.810 bits per heavy atom. The average Bonchev–Trinajstić information content (AvgIpc) is 3.53. The van der Waals surface area contributed by atoms with Gasteiger partial charge in [0.1, 0.15) is 19.0 Å². The molecule has 0 bridgehead atoms. The zero-order chi connectivity index (χ0) is 29.0. The zero-order valence-corrected chi connectivity index (χ0v) is 25.2. The van der Waals surface area contributed by atoms with E-state index in [-0.39, 0.29) is 12.5 Å². The molecule has 3 aromatic rings. The predicted octanol–water partition coefficient (Wildman–Crippen LogP) is 6.17. The molecule has 2 aliphatic heterocycles. The highest BCUT2D eigenvalue weighted by Gasteiger charge is 2.22. The Morgan fingerprint density at radius 2 is 1.52 bits per heavy atom. The van der Waals surface area contributed by atoms with Crippen LogP contribution in [0.5, 0.6) is 5.75 Å². The van der Waals surface area contributed by atoms with Crippen molar-refractivity contribution in [3.8, 4) is 16.9 Å². The third kappa shape index (κ3) is 8.40. The van der Waals surface area contributed by atoms with Gasteiger partial charge in [0, 0.05) is 56.9 Å². The molecule has 0 aliphatic carbocycles. The van der Waals surface area contributed by atoms with Crippen molar-refractivity contribution in [2.75, 3.05) is 57.9 Å². The Morgan fingerprint density at radius 3 is 2.33 bits per heavy atom. The van der Waals surface area contributed by atoms with E-state index in [1.165, 1.54) is 44.3 Å². The molecule has 1 fully saturated rings. The molecule has 0 N–H and O–H groups in total. The number of amides is 1. The summed E-state index contributed by atoms with van der Waals surface area (Å²) in [7, 11) is 1.59. The maximum Gasteiger partial charge on any atom is 0.252 e. The molecule has 0 spiro atoms. The molecule has 1 saturated heterocycles. The van der Waals surface area contributed by atoms with Crippen LogP contribution in [0.25, 0.3) is 11.1 Å². The molecule has 0 unspecified atom stereocenters. The van der Waals surface area contributed by atoms with E-state index in [9.17, 15) is 4.79 Å². The minimum atomic E-state index is 0.00997. The Bertz CT molecular complexity index is 1260. The number of nitrogens with zero attached hydrogens (tertiary/aromatic N) is 4. The van der Waals surface area contributed by atoms with Crippen LogP contribution in [-0.2, 0) is 22.6 Å². The molecular formula is C35H46N4O3. The Labute approximate surface area is 251 Å². The number of methoxy groups -OCH3 is 1. The van der Waals surface area contributed by atoms with E-state index in [4.69, 9.17) is 9.47 Å². The lowest BCUT2D eigenvalue weighted by Gasteiger charge is -2.30. The van der Waals surface area contributed by atoms with Crippen LogP contribution in [-0.4, -0.2) is 73.7 Å². The second-order valence-electron chi connectivity index (χ2n) is 11.5. The van der Waals surface area contributed by atoms with Gasteiger partial charge in [0.05, 0.1) is 0 Å². The minimum Gasteiger partial charge on any atom is -0.492 e. The van der Waals surface area contributed by atoms with E-state index in [1.54, 1.807) is 7.11 Å². The van der Waals surface area contributed by atoms with Crippen molar-refractivity contribution in [3.63, 3.8) is 0 Å². The first-order valence-corrected chi connectivity index (χ1v) is 15.7. The number of rotatable bonds is 9. The monoisotopic (exact) mass is 570 g/mol. The fraction of sp³-hybridized carbons (Fsp3) is 0.486. The van der Waals surface area contributed by atoms with Gasteiger partial charge in [-0.05, 0) is 92.3 Å². The number of benzene rings is 2. The van der Waals surface area contributed by atoms with Crippen LogP contribution in [0.3, 0.4) is 0 Å². The average molecular weight is 571 g/mol. The number of carbonyl (C=O) groups is 1. The highest BCUT2D eigenvalue weighted by molar-refractivity contribution is 5.95. The van der Waals surface area contributed by atoms with Crippen LogP contribution in [0.2, 0.25) is 0 Å². The molecule has 7 heteroatoms. The number of anilines is 1. The van der Waals surface area contributed by atoms with Crippen LogP contribution in [0.15, 0.2) is 67.0 Å². The highest BCUT2D eigenvalue weighted by atomic mass is 16.5. The fourth-order valence-corrected chi connectivity index (χ4v) is 6.18. The van der Waals surface area contributed by atoms with Gasteiger partial charge >= 0.3 is 0 Å². The molecule has 42 heavy (non-hydrogen) atoms. The van der Waals surface area contributed by atoms with Gasteiger partial charge < -0.3 is 14.4 Å². The van der Waals surface area contributed by atoms with Crippen molar-refractivity contribution in [1.82, 2.24) is 14.8 Å². The van der Waals surface area contributed by atoms with Crippen LogP contribution in [0.1, 0.15) is 56.1 Å². The normalized spacial score (nSPS) is 17.3. The molecule has 3 heterocycles. The first-order valence-electron chi connectivity index (χ1n) is 15.7. The van der Waals surface area contributed by atoms with E-state index >= 15 is 0 Å². The molecule has 0 saturated carbocycles. The summed E-state index contributed by atoms with van der Waals surface area (Å²) in [5, 5.41) is 0. The highest BCUT2D eigenvalue weighted by Crippen LogP contribution is 2.31. The SMILES string of the molecule is COCC(=O)N1CCCCCCCN(Cc2ccccc2OCCN2CCCC2)Cc2cc(-c3ccncc3)ccc21. The maximum absolute atomic E-state index is 13.3. The predicted molar refractivity (Wildman–Crippen MR) is 169 cm³/mol. The number of ether oxygens (including phenoxy) is 2. The van der Waals surface area contributed by atoms with Crippen molar-refractivity contribution in [2.24, 2.45) is 0 Å². The largest absolute Gasteiger partial charge is 0.492 e. The first kappa shape index (κ1) is 30.2. The van der Waals surface area contributed by atoms with Crippen LogP contribution < -0.4 is 9.64 Å². The maximum atomic E-state index is 13.3. The number of likely N-dealkylation sites (tertiary alicyclic amines) is 1. The summed E-state index contributed by atoms with van der Waals surface area (Å²) in [4.78, 5) is 24.5. The third-order valence-corrected chi connectivity index (χ3v) is 8.43. The molecule has 7 nitrogen and oxygen atoms in total. The van der Waals surface area contributed by atoms with Gasteiger partial charge in [-0.25, -0.2) is 0 Å². The number of aromatic nitrogens is 1. The summed E-state index contributed by atoms with van der Waals surface area (Å²) in [5.41, 5.74) is 5.60. The van der Waals surface area contributed by atoms with Crippen molar-refractivity contribution >= 4 is 11.6 Å². The number of carbonyl (C=O) groups excluding carboxylic acids is 1. The number of pyridine rings is 1. The van der Waals surface area contributed by atoms with Gasteiger partial charge in [-0.2, -0.15) is 0 Å². The van der Waals surface area contributed by atoms with Gasteiger partial charge in [-0.15, -0.1) is 0 Å². The molecule has 0 atom stereocenters. The second-order valence-corrected chi connectivity index (χ2v) is 11.5. The van der Waals surface area contributed by atoms with Crippen LogP contribution in [0, 0.1) is 0 Å². The number of hydrogen-bond acceptors (Lipinski definition) is 6. The van der Waals surface area contributed by atoms with Gasteiger partial charge in [0.15, 0.2) is 0 Å². The molecule has 2 aliphatic rings. The molecule has 224 valence electrons. The van der Waals surface area contributed by atoms with E-state index in [0.717, 1.165) is 73.6 Å². The second kappa shape index (κ2) is 15.8. The van der Waals surface area contributed by atoms with E-state index < -0.39 is 0 Å². The van der Waals surface area contributed by atoms with Gasteiger partial charge in [-0.3, -0.25) is 19.6 Å². The summed E-state index contributed by atoms with van der Waals surface area (Å²) in [6.45, 7) is 7.38. The van der Waals surface area contributed by atoms with Gasteiger partial charge in [-0.1, -0.05) is 43.5 Å². The Hall–Kier alpha value is -3.26. The Kier molecular flexibility index (Phi) is 11.4. The lowest BCUT2D eigenvalue weighted by molar-refractivity contribution is -0.122. The first-order chi connectivity index (χ1) is 20.7. The molecular weight excluding hydrogens is 524 g/mol. The lowest BCUT2D eigenvalue weighted by Crippen LogP contribution is -2.36. The molecule has 0 radical (unpaired) electrons. The zero-order valence-electron chi connectivity index (χ0n) is 25.2. The van der Waals surface area contributed by atoms with Crippen LogP contribution in [0.4, 0.5) is 5.69 Å². The number of fused-ring (bicyclic) bond motifs is 1. The Balaban J connectivity index is 1.43. The van der Waals surface area contributed by atoms with Gasteiger partial charge in [0.25, 0.3) is 5.91 Å². The summed E-state index contributed by atoms with van der Waals surface area (Å²) in [6.07, 6.45) is 11.9. The van der Waals surface area contributed by atoms with Crippen molar-refractivity contribution < 1.29 is 14.3 Å². The van der Waals surface area contributed by atoms with Crippen molar-refractivity contribution in [1.29, 1.82) is 0 Å². The molecule has 5 rings (SSSR count). The standard InChI is InChI=1S/C35H46N4O3/c1-41-28-35(40)39-22-8-4-2-3-7-21-38(27-32-25-30(13-14-33(32)39)29-15-17-36-18-16-29)26-31-11-5-6-12-34(31)42-24-23-37-19-9-10-20-37/h5-6,11-18,25H,2-4,7-10,19-24,26-28H2,1H3. The summed E-state index contributed by atoms with van der Waals surface area (Å²) in [5.74, 6) is 0.987. The molecule has 2 aromatic carbocycles. The smallest absolute Gasteiger partial charge is 0.252 e. The molecule has 1 amide bonds. The van der Waals surface area contributed by atoms with E-state index in [1.807, 2.05) is 29.4 Å². The van der Waals surface area contributed by atoms with Crippen LogP contribution >= 0.6 is 0 Å². The van der Waals surface area contributed by atoms with E-state index in [0.29, 0.717) is 13.2 Å². The topological polar surface area (TPSA) is 58.1 Å². The van der Waals surface area contributed by atoms with Crippen molar-refractivity contribution in [3.05, 3.63) is 78.1 Å². The third-order valence-electron chi connectivity index (χ3n) is 8.43. The number of hydrogen-bond donors (Lipinski definition) is 0. The fourth-order valence-electron chi connectivity index (χ4n) is 6.18. The quantitative estimate of drug-likeness (QED) is 0.307. The van der Waals surface area contributed by atoms with Crippen molar-refractivity contribution in [2.45, 2.75) is 58.0 Å². The van der Waals surface area contributed by atoms with Gasteiger partial charge in [0.2, 0.25) is 0 Å². The minimum absolute atomic E-state index is 0.00997. The lowest BCUT2D eigenvalue weighted by atomic mass is 10.0. The molecule has 1 aromatic heterocycles. The van der Waals surface area contributed by atoms with E-state index in [2.05, 4.69) is 57.2 Å². The summed E-state index contributed by atoms with van der Waals surface area (Å²) >= 11 is 0. The summed E-state index contributed by atoms with van der Waals surface area (Å²) in [6, 6.07) is 19.1. The number of para-hydroxylation sites is 1. The summed E-state index contributed by atoms with van der Waals surface area (Å²) < 4.78 is 11.6.